The van der Waals surface area contributed by atoms with Gasteiger partial charge in [-0.25, -0.2) is 0 Å². The average Bonchev–Trinajstić information content (AvgIpc) is 2.60. The minimum Gasteiger partial charge on any atom is -0.482 e. The molecule has 2 aromatic carbocycles. The Labute approximate surface area is 174 Å². The van der Waals surface area contributed by atoms with E-state index in [9.17, 15) is 9.59 Å². The van der Waals surface area contributed by atoms with Crippen LogP contribution in [0.3, 0.4) is 0 Å². The van der Waals surface area contributed by atoms with Gasteiger partial charge in [0.05, 0.1) is 4.47 Å². The van der Waals surface area contributed by atoms with E-state index in [-0.39, 0.29) is 6.61 Å². The van der Waals surface area contributed by atoms with Crippen molar-refractivity contribution in [1.29, 1.82) is 0 Å². The van der Waals surface area contributed by atoms with Crippen molar-refractivity contribution in [2.75, 3.05) is 6.61 Å². The number of hydrogen-bond acceptors (Lipinski definition) is 4. The van der Waals surface area contributed by atoms with Crippen molar-refractivity contribution < 1.29 is 19.1 Å². The molecule has 0 saturated carbocycles. The molecule has 1 unspecified atom stereocenters. The maximum atomic E-state index is 12.1. The first-order chi connectivity index (χ1) is 12.8. The molecule has 2 aromatic rings. The fraction of sp³-hybridized carbons (Fsp3) is 0.263. The highest BCUT2D eigenvalue weighted by atomic mass is 79.9. The van der Waals surface area contributed by atoms with Crippen LogP contribution >= 0.6 is 31.9 Å². The summed E-state index contributed by atoms with van der Waals surface area (Å²) >= 11 is 6.78. The molecule has 2 N–H and O–H groups in total. The van der Waals surface area contributed by atoms with E-state index < -0.39 is 17.9 Å². The Morgan fingerprint density at radius 2 is 1.78 bits per heavy atom. The number of para-hydroxylation sites is 1. The Balaban J connectivity index is 1.81. The number of ether oxygens (including phenoxy) is 2. The van der Waals surface area contributed by atoms with E-state index in [1.807, 2.05) is 44.2 Å². The molecule has 144 valence electrons. The number of nitrogens with one attached hydrogen (secondary N) is 2. The van der Waals surface area contributed by atoms with E-state index in [0.29, 0.717) is 11.5 Å². The Morgan fingerprint density at radius 3 is 2.44 bits per heavy atom. The van der Waals surface area contributed by atoms with Crippen molar-refractivity contribution in [2.24, 2.45) is 0 Å². The monoisotopic (exact) mass is 498 g/mol. The molecule has 8 heteroatoms. The number of rotatable bonds is 6. The number of carbonyl (C=O) groups excluding carboxylic acids is 2. The van der Waals surface area contributed by atoms with Gasteiger partial charge in [0, 0.05) is 4.47 Å². The molecular formula is C19H20Br2N2O4. The Kier molecular flexibility index (Phi) is 7.67. The highest BCUT2D eigenvalue weighted by Gasteiger charge is 2.16. The van der Waals surface area contributed by atoms with Crippen molar-refractivity contribution in [3.8, 4) is 11.5 Å². The van der Waals surface area contributed by atoms with Gasteiger partial charge in [0.1, 0.15) is 11.5 Å². The summed E-state index contributed by atoms with van der Waals surface area (Å²) in [6, 6.07) is 11.1. The van der Waals surface area contributed by atoms with Crippen LogP contribution in [0.1, 0.15) is 18.1 Å². The SMILES string of the molecule is Cc1ccccc1OC(C)C(=O)NNC(=O)COc1c(C)cc(Br)cc1Br. The van der Waals surface area contributed by atoms with Crippen LogP contribution in [-0.2, 0) is 9.59 Å². The molecule has 0 aliphatic rings. The second-order valence-electron chi connectivity index (χ2n) is 5.89. The molecule has 0 spiro atoms. The summed E-state index contributed by atoms with van der Waals surface area (Å²) in [5.74, 6) is 0.231. The van der Waals surface area contributed by atoms with Crippen LogP contribution in [0.15, 0.2) is 45.3 Å². The number of aryl methyl sites for hydroxylation is 2. The van der Waals surface area contributed by atoms with Crippen molar-refractivity contribution in [2.45, 2.75) is 26.9 Å². The molecule has 0 aromatic heterocycles. The molecule has 2 amide bonds. The van der Waals surface area contributed by atoms with Gasteiger partial charge in [-0.2, -0.15) is 0 Å². The van der Waals surface area contributed by atoms with Gasteiger partial charge in [0.25, 0.3) is 11.8 Å². The molecule has 0 fully saturated rings. The van der Waals surface area contributed by atoms with Gasteiger partial charge in [-0.1, -0.05) is 34.1 Å². The highest BCUT2D eigenvalue weighted by molar-refractivity contribution is 9.11. The maximum Gasteiger partial charge on any atom is 0.279 e. The Morgan fingerprint density at radius 1 is 1.07 bits per heavy atom. The van der Waals surface area contributed by atoms with Gasteiger partial charge in [-0.15, -0.1) is 0 Å². The van der Waals surface area contributed by atoms with E-state index in [1.165, 1.54) is 0 Å². The van der Waals surface area contributed by atoms with E-state index in [0.717, 1.165) is 20.1 Å². The lowest BCUT2D eigenvalue weighted by atomic mass is 10.2. The van der Waals surface area contributed by atoms with Crippen LogP contribution in [-0.4, -0.2) is 24.5 Å². The predicted molar refractivity (Wildman–Crippen MR) is 110 cm³/mol. The minimum absolute atomic E-state index is 0.242. The lowest BCUT2D eigenvalue weighted by Crippen LogP contribution is -2.48. The molecule has 0 bridgehead atoms. The average molecular weight is 500 g/mol. The van der Waals surface area contributed by atoms with E-state index in [4.69, 9.17) is 9.47 Å². The lowest BCUT2D eigenvalue weighted by Gasteiger charge is -2.17. The van der Waals surface area contributed by atoms with E-state index >= 15 is 0 Å². The molecule has 0 saturated heterocycles. The first-order valence-corrected chi connectivity index (χ1v) is 9.76. The van der Waals surface area contributed by atoms with Crippen LogP contribution in [0, 0.1) is 13.8 Å². The molecule has 6 nitrogen and oxygen atoms in total. The van der Waals surface area contributed by atoms with Crippen LogP contribution in [0.5, 0.6) is 11.5 Å². The standard InChI is InChI=1S/C19H20Br2N2O4/c1-11-6-4-5-7-16(11)27-13(3)19(25)23-22-17(24)10-26-18-12(2)8-14(20)9-15(18)21/h4-9,13H,10H2,1-3H3,(H,22,24)(H,23,25). The molecule has 2 rings (SSSR count). The van der Waals surface area contributed by atoms with Crippen molar-refractivity contribution >= 4 is 43.7 Å². The summed E-state index contributed by atoms with van der Waals surface area (Å²) < 4.78 is 12.8. The highest BCUT2D eigenvalue weighted by Crippen LogP contribution is 2.32. The van der Waals surface area contributed by atoms with Crippen LogP contribution in [0.2, 0.25) is 0 Å². The third-order valence-electron chi connectivity index (χ3n) is 3.63. The van der Waals surface area contributed by atoms with Gasteiger partial charge in [0.2, 0.25) is 0 Å². The molecule has 0 heterocycles. The second-order valence-corrected chi connectivity index (χ2v) is 7.66. The first kappa shape index (κ1) is 21.2. The predicted octanol–water partition coefficient (Wildman–Crippen LogP) is 3.82. The largest absolute Gasteiger partial charge is 0.482 e. The minimum atomic E-state index is -0.768. The molecule has 0 aliphatic carbocycles. The quantitative estimate of drug-likeness (QED) is 0.592. The molecule has 0 aliphatic heterocycles. The molecule has 27 heavy (non-hydrogen) atoms. The maximum absolute atomic E-state index is 12.1. The third kappa shape index (κ3) is 6.25. The molecule has 1 atom stereocenters. The Bertz CT molecular complexity index is 819. The zero-order valence-corrected chi connectivity index (χ0v) is 18.3. The number of benzene rings is 2. The summed E-state index contributed by atoms with van der Waals surface area (Å²) in [5.41, 5.74) is 6.44. The number of halogens is 2. The summed E-state index contributed by atoms with van der Waals surface area (Å²) in [4.78, 5) is 24.0. The molecule has 0 radical (unpaired) electrons. The fourth-order valence-corrected chi connectivity index (χ4v) is 3.76. The number of hydrogen-bond donors (Lipinski definition) is 2. The Hall–Kier alpha value is -2.06. The zero-order valence-electron chi connectivity index (χ0n) is 15.1. The smallest absolute Gasteiger partial charge is 0.279 e. The van der Waals surface area contributed by atoms with E-state index in [1.54, 1.807) is 13.0 Å². The summed E-state index contributed by atoms with van der Waals surface area (Å²) in [5, 5.41) is 0. The van der Waals surface area contributed by atoms with Crippen molar-refractivity contribution in [1.82, 2.24) is 10.9 Å². The third-order valence-corrected chi connectivity index (χ3v) is 4.68. The normalized spacial score (nSPS) is 11.4. The van der Waals surface area contributed by atoms with Crippen LogP contribution in [0.4, 0.5) is 0 Å². The summed E-state index contributed by atoms with van der Waals surface area (Å²) in [7, 11) is 0. The van der Waals surface area contributed by atoms with Gasteiger partial charge in [-0.05, 0) is 66.0 Å². The lowest BCUT2D eigenvalue weighted by molar-refractivity contribution is -0.133. The second kappa shape index (κ2) is 9.75. The van der Waals surface area contributed by atoms with Crippen molar-refractivity contribution in [3.05, 3.63) is 56.5 Å². The van der Waals surface area contributed by atoms with Gasteiger partial charge in [-0.3, -0.25) is 20.4 Å². The van der Waals surface area contributed by atoms with Gasteiger partial charge >= 0.3 is 0 Å². The first-order valence-electron chi connectivity index (χ1n) is 8.17. The van der Waals surface area contributed by atoms with Gasteiger partial charge < -0.3 is 9.47 Å². The van der Waals surface area contributed by atoms with Crippen LogP contribution < -0.4 is 20.3 Å². The number of amides is 2. The van der Waals surface area contributed by atoms with Crippen molar-refractivity contribution in [3.63, 3.8) is 0 Å². The van der Waals surface area contributed by atoms with Crippen LogP contribution in [0.25, 0.3) is 0 Å². The van der Waals surface area contributed by atoms with E-state index in [2.05, 4.69) is 42.7 Å². The number of hydrazine groups is 1. The van der Waals surface area contributed by atoms with Gasteiger partial charge in [0.15, 0.2) is 12.7 Å². The summed E-state index contributed by atoms with van der Waals surface area (Å²) in [6.45, 7) is 5.12. The molecular weight excluding hydrogens is 480 g/mol. The fourth-order valence-electron chi connectivity index (χ4n) is 2.21. The number of carbonyl (C=O) groups is 2. The zero-order chi connectivity index (χ0) is 20.0. The topological polar surface area (TPSA) is 76.7 Å². The summed E-state index contributed by atoms with van der Waals surface area (Å²) in [6.07, 6.45) is -0.768.